The lowest BCUT2D eigenvalue weighted by Gasteiger charge is -2.09. The second kappa shape index (κ2) is 4.40. The van der Waals surface area contributed by atoms with Gasteiger partial charge in [-0.2, -0.15) is 0 Å². The number of halogens is 1. The Bertz CT molecular complexity index is 651. The minimum Gasteiger partial charge on any atom is -0.0614 e. The summed E-state index contributed by atoms with van der Waals surface area (Å²) in [5, 5.41) is 0. The summed E-state index contributed by atoms with van der Waals surface area (Å²) in [6.45, 7) is 4.39. The third kappa shape index (κ3) is 1.83. The van der Waals surface area contributed by atoms with Crippen molar-refractivity contribution in [3.8, 4) is 0 Å². The molecule has 18 heavy (non-hydrogen) atoms. The first-order chi connectivity index (χ1) is 8.66. The van der Waals surface area contributed by atoms with E-state index in [1.165, 1.54) is 37.9 Å². The number of hydrogen-bond donors (Lipinski definition) is 0. The summed E-state index contributed by atoms with van der Waals surface area (Å²) < 4.78 is 1.22. The highest BCUT2D eigenvalue weighted by Gasteiger charge is 2.17. The Morgan fingerprint density at radius 1 is 1.00 bits per heavy atom. The van der Waals surface area contributed by atoms with Gasteiger partial charge in [-0.05, 0) is 59.7 Å². The molecular formula is C17H15Br. The molecule has 0 saturated heterocycles. The third-order valence-electron chi connectivity index (χ3n) is 3.80. The van der Waals surface area contributed by atoms with Crippen molar-refractivity contribution in [3.63, 3.8) is 0 Å². The van der Waals surface area contributed by atoms with E-state index in [-0.39, 0.29) is 0 Å². The number of allylic oxidation sites excluding steroid dienone is 1. The van der Waals surface area contributed by atoms with Crippen LogP contribution in [0.25, 0.3) is 11.6 Å². The van der Waals surface area contributed by atoms with Crippen molar-refractivity contribution in [3.05, 3.63) is 68.7 Å². The van der Waals surface area contributed by atoms with E-state index in [0.29, 0.717) is 0 Å². The second-order valence-electron chi connectivity index (χ2n) is 4.90. The van der Waals surface area contributed by atoms with E-state index in [0.717, 1.165) is 6.42 Å². The van der Waals surface area contributed by atoms with Gasteiger partial charge in [-0.3, -0.25) is 0 Å². The Balaban J connectivity index is 2.08. The number of rotatable bonds is 1. The first-order valence-electron chi connectivity index (χ1n) is 6.21. The van der Waals surface area contributed by atoms with Crippen LogP contribution in [0, 0.1) is 13.8 Å². The SMILES string of the molecule is Cc1cccc(C2=Cc3cccc(Br)c3C2)c1C. The molecule has 0 unspecified atom stereocenters. The highest BCUT2D eigenvalue weighted by molar-refractivity contribution is 9.10. The molecule has 0 spiro atoms. The molecule has 1 aliphatic carbocycles. The first-order valence-corrected chi connectivity index (χ1v) is 7.00. The molecular weight excluding hydrogens is 284 g/mol. The van der Waals surface area contributed by atoms with Crippen LogP contribution < -0.4 is 0 Å². The predicted octanol–water partition coefficient (Wildman–Crippen LogP) is 5.16. The standard InChI is InChI=1S/C17H15Br/c1-11-5-3-7-15(12(11)2)14-9-13-6-4-8-17(18)16(13)10-14/h3-9H,10H2,1-2H3. The van der Waals surface area contributed by atoms with E-state index in [2.05, 4.69) is 72.3 Å². The summed E-state index contributed by atoms with van der Waals surface area (Å²) in [6.07, 6.45) is 3.35. The summed E-state index contributed by atoms with van der Waals surface area (Å²) in [4.78, 5) is 0. The van der Waals surface area contributed by atoms with Crippen molar-refractivity contribution in [2.75, 3.05) is 0 Å². The second-order valence-corrected chi connectivity index (χ2v) is 5.76. The van der Waals surface area contributed by atoms with Gasteiger partial charge in [0, 0.05) is 4.47 Å². The largest absolute Gasteiger partial charge is 0.0614 e. The molecule has 90 valence electrons. The zero-order chi connectivity index (χ0) is 12.7. The van der Waals surface area contributed by atoms with Crippen molar-refractivity contribution in [1.29, 1.82) is 0 Å². The van der Waals surface area contributed by atoms with Crippen LogP contribution in [0.5, 0.6) is 0 Å². The molecule has 1 aliphatic rings. The minimum absolute atomic E-state index is 1.03. The topological polar surface area (TPSA) is 0 Å². The monoisotopic (exact) mass is 298 g/mol. The molecule has 0 fully saturated rings. The molecule has 3 rings (SSSR count). The van der Waals surface area contributed by atoms with Gasteiger partial charge in [0.05, 0.1) is 0 Å². The van der Waals surface area contributed by atoms with E-state index in [9.17, 15) is 0 Å². The Morgan fingerprint density at radius 3 is 2.56 bits per heavy atom. The normalized spacial score (nSPS) is 13.4. The minimum atomic E-state index is 1.03. The van der Waals surface area contributed by atoms with E-state index in [1.54, 1.807) is 0 Å². The summed E-state index contributed by atoms with van der Waals surface area (Å²) >= 11 is 3.65. The van der Waals surface area contributed by atoms with Gasteiger partial charge < -0.3 is 0 Å². The molecule has 0 nitrogen and oxygen atoms in total. The van der Waals surface area contributed by atoms with Crippen LogP contribution in [0.3, 0.4) is 0 Å². The Morgan fingerprint density at radius 2 is 1.78 bits per heavy atom. The molecule has 0 N–H and O–H groups in total. The van der Waals surface area contributed by atoms with Crippen molar-refractivity contribution in [1.82, 2.24) is 0 Å². The summed E-state index contributed by atoms with van der Waals surface area (Å²) in [7, 11) is 0. The lowest BCUT2D eigenvalue weighted by atomic mass is 9.96. The fraction of sp³-hybridized carbons (Fsp3) is 0.176. The lowest BCUT2D eigenvalue weighted by Crippen LogP contribution is -1.92. The Hall–Kier alpha value is -1.34. The van der Waals surface area contributed by atoms with Crippen LogP contribution in [0.15, 0.2) is 40.9 Å². The van der Waals surface area contributed by atoms with Crippen molar-refractivity contribution < 1.29 is 0 Å². The van der Waals surface area contributed by atoms with E-state index in [4.69, 9.17) is 0 Å². The molecule has 0 radical (unpaired) electrons. The van der Waals surface area contributed by atoms with Crippen molar-refractivity contribution >= 4 is 27.6 Å². The molecule has 0 aromatic heterocycles. The summed E-state index contributed by atoms with van der Waals surface area (Å²) in [6, 6.07) is 13.0. The molecule has 2 aromatic carbocycles. The first kappa shape index (κ1) is 11.7. The number of fused-ring (bicyclic) bond motifs is 1. The zero-order valence-corrected chi connectivity index (χ0v) is 12.2. The quantitative estimate of drug-likeness (QED) is 0.682. The maximum absolute atomic E-state index is 3.65. The molecule has 2 aromatic rings. The highest BCUT2D eigenvalue weighted by Crippen LogP contribution is 2.36. The molecule has 1 heteroatoms. The molecule has 0 aliphatic heterocycles. The zero-order valence-electron chi connectivity index (χ0n) is 10.6. The predicted molar refractivity (Wildman–Crippen MR) is 81.6 cm³/mol. The maximum atomic E-state index is 3.65. The van der Waals surface area contributed by atoms with Gasteiger partial charge in [-0.25, -0.2) is 0 Å². The van der Waals surface area contributed by atoms with Crippen LogP contribution in [-0.2, 0) is 6.42 Å². The molecule has 0 saturated carbocycles. The van der Waals surface area contributed by atoms with Gasteiger partial charge >= 0.3 is 0 Å². The molecule has 0 amide bonds. The van der Waals surface area contributed by atoms with E-state index in [1.807, 2.05) is 0 Å². The number of hydrogen-bond acceptors (Lipinski definition) is 0. The van der Waals surface area contributed by atoms with Crippen LogP contribution in [0.4, 0.5) is 0 Å². The van der Waals surface area contributed by atoms with Crippen LogP contribution in [-0.4, -0.2) is 0 Å². The fourth-order valence-electron chi connectivity index (χ4n) is 2.60. The average molecular weight is 299 g/mol. The van der Waals surface area contributed by atoms with Gasteiger partial charge in [-0.15, -0.1) is 0 Å². The lowest BCUT2D eigenvalue weighted by molar-refractivity contribution is 1.25. The number of aryl methyl sites for hydroxylation is 1. The van der Waals surface area contributed by atoms with Gasteiger partial charge in [0.25, 0.3) is 0 Å². The molecule has 0 atom stereocenters. The van der Waals surface area contributed by atoms with Crippen LogP contribution >= 0.6 is 15.9 Å². The average Bonchev–Trinajstić information content (AvgIpc) is 2.78. The van der Waals surface area contributed by atoms with Gasteiger partial charge in [-0.1, -0.05) is 52.3 Å². The van der Waals surface area contributed by atoms with Crippen LogP contribution in [0.2, 0.25) is 0 Å². The van der Waals surface area contributed by atoms with Crippen LogP contribution in [0.1, 0.15) is 27.8 Å². The Labute approximate surface area is 116 Å². The smallest absolute Gasteiger partial charge is 0.0216 e. The molecule has 0 bridgehead atoms. The van der Waals surface area contributed by atoms with Gasteiger partial charge in [0.2, 0.25) is 0 Å². The fourth-order valence-corrected chi connectivity index (χ4v) is 3.12. The van der Waals surface area contributed by atoms with Crippen molar-refractivity contribution in [2.24, 2.45) is 0 Å². The van der Waals surface area contributed by atoms with E-state index < -0.39 is 0 Å². The van der Waals surface area contributed by atoms with Crippen molar-refractivity contribution in [2.45, 2.75) is 20.3 Å². The highest BCUT2D eigenvalue weighted by atomic mass is 79.9. The maximum Gasteiger partial charge on any atom is 0.0216 e. The van der Waals surface area contributed by atoms with E-state index >= 15 is 0 Å². The summed E-state index contributed by atoms with van der Waals surface area (Å²) in [5.74, 6) is 0. The van der Waals surface area contributed by atoms with Gasteiger partial charge in [0.15, 0.2) is 0 Å². The van der Waals surface area contributed by atoms with Gasteiger partial charge in [0.1, 0.15) is 0 Å². The number of benzene rings is 2. The third-order valence-corrected chi connectivity index (χ3v) is 4.55. The Kier molecular flexibility index (Phi) is 2.87. The summed E-state index contributed by atoms with van der Waals surface area (Å²) in [5.41, 5.74) is 8.33. The molecule has 0 heterocycles.